The van der Waals surface area contributed by atoms with Crippen LogP contribution in [0.2, 0.25) is 5.02 Å². The number of hydrogen-bond acceptors (Lipinski definition) is 4. The topological polar surface area (TPSA) is 67.5 Å². The molecule has 0 unspecified atom stereocenters. The maximum absolute atomic E-state index is 13.0. The number of amides is 1. The molecule has 3 aromatic carbocycles. The molecule has 33 heavy (non-hydrogen) atoms. The fraction of sp³-hybridized carbons (Fsp3) is 0. The van der Waals surface area contributed by atoms with E-state index in [-0.39, 0.29) is 5.91 Å². The Bertz CT molecular complexity index is 1460. The number of pyridine rings is 1. The lowest BCUT2D eigenvalue weighted by molar-refractivity contribution is 0.0956. The van der Waals surface area contributed by atoms with Crippen LogP contribution in [0.1, 0.15) is 16.1 Å². The van der Waals surface area contributed by atoms with Crippen molar-refractivity contribution in [2.45, 2.75) is 0 Å². The number of halogens is 1. The summed E-state index contributed by atoms with van der Waals surface area (Å²) in [5.41, 5.74) is 6.40. The van der Waals surface area contributed by atoms with Crippen molar-refractivity contribution in [3.63, 3.8) is 0 Å². The number of benzene rings is 3. The molecular formula is C27H18ClN3O2. The van der Waals surface area contributed by atoms with Crippen LogP contribution in [0.4, 0.5) is 0 Å². The van der Waals surface area contributed by atoms with Gasteiger partial charge in [0.25, 0.3) is 5.91 Å². The van der Waals surface area contributed by atoms with Gasteiger partial charge in [-0.25, -0.2) is 10.4 Å². The number of hydrogen-bond donors (Lipinski definition) is 1. The Morgan fingerprint density at radius 3 is 2.45 bits per heavy atom. The molecule has 0 saturated carbocycles. The lowest BCUT2D eigenvalue weighted by atomic mass is 10.0. The lowest BCUT2D eigenvalue weighted by Crippen LogP contribution is -2.18. The monoisotopic (exact) mass is 451 g/mol. The summed E-state index contributed by atoms with van der Waals surface area (Å²) in [6.07, 6.45) is 1.47. The van der Waals surface area contributed by atoms with Gasteiger partial charge in [0, 0.05) is 21.5 Å². The van der Waals surface area contributed by atoms with Crippen LogP contribution in [0.15, 0.2) is 107 Å². The van der Waals surface area contributed by atoms with E-state index in [4.69, 9.17) is 21.0 Å². The summed E-state index contributed by atoms with van der Waals surface area (Å²) in [5.74, 6) is 0.878. The minimum Gasteiger partial charge on any atom is -0.455 e. The van der Waals surface area contributed by atoms with Gasteiger partial charge in [-0.05, 0) is 48.5 Å². The molecule has 1 N–H and O–H groups in total. The standard InChI is InChI=1S/C27H18ClN3O2/c28-20-12-10-19(11-13-20)26-15-14-21(33-26)17-29-31-27(32)23-16-25(18-6-2-1-3-7-18)30-24-9-5-4-8-22(23)24/h1-17H,(H,31,32)/b29-17+. The van der Waals surface area contributed by atoms with Gasteiger partial charge in [0.1, 0.15) is 11.5 Å². The Labute approximate surface area is 195 Å². The van der Waals surface area contributed by atoms with Gasteiger partial charge in [0.15, 0.2) is 0 Å². The van der Waals surface area contributed by atoms with Crippen LogP contribution in [0.3, 0.4) is 0 Å². The lowest BCUT2D eigenvalue weighted by Gasteiger charge is -2.09. The largest absolute Gasteiger partial charge is 0.455 e. The summed E-state index contributed by atoms with van der Waals surface area (Å²) in [7, 11) is 0. The molecule has 160 valence electrons. The van der Waals surface area contributed by atoms with Crippen molar-refractivity contribution < 1.29 is 9.21 Å². The van der Waals surface area contributed by atoms with Gasteiger partial charge in [0.2, 0.25) is 0 Å². The van der Waals surface area contributed by atoms with Crippen LogP contribution in [0.5, 0.6) is 0 Å². The molecule has 6 heteroatoms. The van der Waals surface area contributed by atoms with Crippen LogP contribution >= 0.6 is 11.6 Å². The van der Waals surface area contributed by atoms with E-state index < -0.39 is 0 Å². The number of carbonyl (C=O) groups is 1. The molecule has 0 radical (unpaired) electrons. The molecule has 5 nitrogen and oxygen atoms in total. The van der Waals surface area contributed by atoms with E-state index in [1.54, 1.807) is 24.3 Å². The first-order chi connectivity index (χ1) is 16.2. The van der Waals surface area contributed by atoms with E-state index in [1.165, 1.54) is 6.21 Å². The third kappa shape index (κ3) is 4.54. The first kappa shape index (κ1) is 20.7. The molecule has 0 saturated heterocycles. The molecule has 0 atom stereocenters. The highest BCUT2D eigenvalue weighted by atomic mass is 35.5. The number of aromatic nitrogens is 1. The number of carbonyl (C=O) groups excluding carboxylic acids is 1. The Kier molecular flexibility index (Phi) is 5.70. The van der Waals surface area contributed by atoms with Crippen molar-refractivity contribution in [3.05, 3.63) is 113 Å². The van der Waals surface area contributed by atoms with E-state index in [0.717, 1.165) is 27.7 Å². The highest BCUT2D eigenvalue weighted by molar-refractivity contribution is 6.30. The number of fused-ring (bicyclic) bond motifs is 1. The zero-order valence-corrected chi connectivity index (χ0v) is 18.2. The van der Waals surface area contributed by atoms with Crippen molar-refractivity contribution in [3.8, 4) is 22.6 Å². The molecule has 0 aliphatic rings. The molecule has 0 spiro atoms. The predicted molar refractivity (Wildman–Crippen MR) is 131 cm³/mol. The summed E-state index contributed by atoms with van der Waals surface area (Å²) in [6.45, 7) is 0. The quantitative estimate of drug-likeness (QED) is 0.242. The smallest absolute Gasteiger partial charge is 0.272 e. The molecule has 0 fully saturated rings. The van der Waals surface area contributed by atoms with Crippen LogP contribution in [-0.4, -0.2) is 17.1 Å². The van der Waals surface area contributed by atoms with Crippen LogP contribution < -0.4 is 5.43 Å². The van der Waals surface area contributed by atoms with Gasteiger partial charge in [0.05, 0.1) is 23.0 Å². The van der Waals surface area contributed by atoms with Gasteiger partial charge in [-0.2, -0.15) is 5.10 Å². The molecule has 0 aliphatic carbocycles. The molecule has 0 bridgehead atoms. The van der Waals surface area contributed by atoms with Crippen molar-refractivity contribution in [2.75, 3.05) is 0 Å². The Morgan fingerprint density at radius 2 is 1.64 bits per heavy atom. The number of nitrogens with one attached hydrogen (secondary N) is 1. The van der Waals surface area contributed by atoms with E-state index in [0.29, 0.717) is 22.1 Å². The molecule has 0 aliphatic heterocycles. The predicted octanol–water partition coefficient (Wildman–Crippen LogP) is 6.58. The highest BCUT2D eigenvalue weighted by Crippen LogP contribution is 2.25. The van der Waals surface area contributed by atoms with Crippen molar-refractivity contribution in [1.29, 1.82) is 0 Å². The first-order valence-corrected chi connectivity index (χ1v) is 10.7. The summed E-state index contributed by atoms with van der Waals surface area (Å²) < 4.78 is 5.79. The number of furan rings is 1. The van der Waals surface area contributed by atoms with Crippen LogP contribution in [0.25, 0.3) is 33.5 Å². The normalized spacial score (nSPS) is 11.2. The van der Waals surface area contributed by atoms with E-state index in [9.17, 15) is 4.79 Å². The van der Waals surface area contributed by atoms with Crippen molar-refractivity contribution in [1.82, 2.24) is 10.4 Å². The number of para-hydroxylation sites is 1. The van der Waals surface area contributed by atoms with E-state index in [2.05, 4.69) is 10.5 Å². The highest BCUT2D eigenvalue weighted by Gasteiger charge is 2.13. The third-order valence-corrected chi connectivity index (χ3v) is 5.40. The number of hydrazone groups is 1. The molecule has 5 aromatic rings. The maximum Gasteiger partial charge on any atom is 0.272 e. The molecule has 2 heterocycles. The van der Waals surface area contributed by atoms with Gasteiger partial charge in [-0.1, -0.05) is 60.1 Å². The second-order valence-electron chi connectivity index (χ2n) is 7.35. The minimum atomic E-state index is -0.327. The number of nitrogens with zero attached hydrogens (tertiary/aromatic N) is 2. The Hall–Kier alpha value is -4.22. The zero-order chi connectivity index (χ0) is 22.6. The first-order valence-electron chi connectivity index (χ1n) is 10.3. The second-order valence-corrected chi connectivity index (χ2v) is 7.78. The molecule has 2 aromatic heterocycles. The Balaban J connectivity index is 1.38. The summed E-state index contributed by atoms with van der Waals surface area (Å²) >= 11 is 5.94. The SMILES string of the molecule is O=C(N/N=C/c1ccc(-c2ccc(Cl)cc2)o1)c1cc(-c2ccccc2)nc2ccccc12. The van der Waals surface area contributed by atoms with Crippen LogP contribution in [-0.2, 0) is 0 Å². The Morgan fingerprint density at radius 1 is 0.879 bits per heavy atom. The van der Waals surface area contributed by atoms with Gasteiger partial charge in [-0.15, -0.1) is 0 Å². The van der Waals surface area contributed by atoms with Gasteiger partial charge >= 0.3 is 0 Å². The third-order valence-electron chi connectivity index (χ3n) is 5.14. The summed E-state index contributed by atoms with van der Waals surface area (Å²) in [6, 6.07) is 30.1. The van der Waals surface area contributed by atoms with Crippen molar-refractivity contribution >= 4 is 34.6 Å². The summed E-state index contributed by atoms with van der Waals surface area (Å²) in [4.78, 5) is 17.7. The molecular weight excluding hydrogens is 434 g/mol. The van der Waals surface area contributed by atoms with E-state index >= 15 is 0 Å². The van der Waals surface area contributed by atoms with Gasteiger partial charge in [-0.3, -0.25) is 4.79 Å². The average Bonchev–Trinajstić information content (AvgIpc) is 3.33. The molecule has 5 rings (SSSR count). The average molecular weight is 452 g/mol. The van der Waals surface area contributed by atoms with Crippen LogP contribution in [0, 0.1) is 0 Å². The van der Waals surface area contributed by atoms with Crippen molar-refractivity contribution in [2.24, 2.45) is 5.10 Å². The fourth-order valence-electron chi connectivity index (χ4n) is 3.53. The minimum absolute atomic E-state index is 0.327. The second kappa shape index (κ2) is 9.10. The fourth-order valence-corrected chi connectivity index (χ4v) is 3.65. The van der Waals surface area contributed by atoms with Gasteiger partial charge < -0.3 is 4.42 Å². The maximum atomic E-state index is 13.0. The van der Waals surface area contributed by atoms with E-state index in [1.807, 2.05) is 72.8 Å². The summed E-state index contributed by atoms with van der Waals surface area (Å²) in [5, 5.41) is 5.51. The zero-order valence-electron chi connectivity index (χ0n) is 17.4. The molecule has 1 amide bonds. The number of rotatable bonds is 5.